The van der Waals surface area contributed by atoms with Gasteiger partial charge in [-0.05, 0) is 31.0 Å². The van der Waals surface area contributed by atoms with Gasteiger partial charge in [0.25, 0.3) is 0 Å². The van der Waals surface area contributed by atoms with E-state index in [2.05, 4.69) is 6.07 Å². The van der Waals surface area contributed by atoms with Gasteiger partial charge in [-0.1, -0.05) is 42.0 Å². The van der Waals surface area contributed by atoms with Gasteiger partial charge in [-0.2, -0.15) is 0 Å². The summed E-state index contributed by atoms with van der Waals surface area (Å²) in [6.07, 6.45) is 0. The molecule has 2 heteroatoms. The zero-order valence-electron chi connectivity index (χ0n) is 9.87. The molecule has 0 saturated carbocycles. The van der Waals surface area contributed by atoms with Crippen molar-refractivity contribution < 1.29 is 4.39 Å². The van der Waals surface area contributed by atoms with Gasteiger partial charge in [-0.3, -0.25) is 0 Å². The van der Waals surface area contributed by atoms with Crippen molar-refractivity contribution in [3.63, 3.8) is 0 Å². The van der Waals surface area contributed by atoms with Crippen molar-refractivity contribution >= 4 is 11.6 Å². The topological polar surface area (TPSA) is 0 Å². The molecule has 0 spiro atoms. The third kappa shape index (κ3) is 2.50. The molecule has 0 amide bonds. The lowest BCUT2D eigenvalue weighted by Crippen LogP contribution is -1.99. The summed E-state index contributed by atoms with van der Waals surface area (Å²) >= 11 is 6.35. The summed E-state index contributed by atoms with van der Waals surface area (Å²) in [6, 6.07) is 12.7. The maximum absolute atomic E-state index is 13.7. The van der Waals surface area contributed by atoms with E-state index < -0.39 is 5.38 Å². The van der Waals surface area contributed by atoms with Gasteiger partial charge in [-0.15, -0.1) is 11.6 Å². The largest absolute Gasteiger partial charge is 0.207 e. The molecule has 0 aliphatic rings. The molecule has 0 N–H and O–H groups in total. The summed E-state index contributed by atoms with van der Waals surface area (Å²) < 4.78 is 13.7. The van der Waals surface area contributed by atoms with E-state index in [0.717, 1.165) is 11.1 Å². The first kappa shape index (κ1) is 12.1. The Hall–Kier alpha value is -1.34. The minimum Gasteiger partial charge on any atom is -0.207 e. The molecule has 2 aromatic carbocycles. The Bertz CT molecular complexity index is 534. The van der Waals surface area contributed by atoms with Gasteiger partial charge in [0, 0.05) is 5.56 Å². The number of halogens is 2. The van der Waals surface area contributed by atoms with Crippen LogP contribution in [-0.4, -0.2) is 0 Å². The second-order valence-electron chi connectivity index (χ2n) is 4.24. The Kier molecular flexibility index (Phi) is 3.49. The van der Waals surface area contributed by atoms with Crippen molar-refractivity contribution in [2.45, 2.75) is 19.2 Å². The molecule has 1 atom stereocenters. The van der Waals surface area contributed by atoms with Crippen molar-refractivity contribution in [3.05, 3.63) is 70.5 Å². The Morgan fingerprint density at radius 3 is 2.35 bits per heavy atom. The predicted molar refractivity (Wildman–Crippen MR) is 70.0 cm³/mol. The van der Waals surface area contributed by atoms with E-state index in [9.17, 15) is 4.39 Å². The minimum absolute atomic E-state index is 0.257. The summed E-state index contributed by atoms with van der Waals surface area (Å²) in [7, 11) is 0. The third-order valence-electron chi connectivity index (χ3n) is 2.88. The average molecular weight is 249 g/mol. The fraction of sp³-hybridized carbons (Fsp3) is 0.200. The van der Waals surface area contributed by atoms with E-state index in [1.165, 1.54) is 11.6 Å². The van der Waals surface area contributed by atoms with E-state index >= 15 is 0 Å². The monoisotopic (exact) mass is 248 g/mol. The summed E-state index contributed by atoms with van der Waals surface area (Å²) in [5.74, 6) is -0.257. The molecule has 0 fully saturated rings. The van der Waals surface area contributed by atoms with Crippen LogP contribution in [-0.2, 0) is 0 Å². The number of rotatable bonds is 2. The quantitative estimate of drug-likeness (QED) is 0.672. The van der Waals surface area contributed by atoms with Crippen LogP contribution in [0.4, 0.5) is 4.39 Å². The first-order valence-electron chi connectivity index (χ1n) is 5.55. The molecule has 0 bridgehead atoms. The van der Waals surface area contributed by atoms with Gasteiger partial charge < -0.3 is 0 Å². The maximum Gasteiger partial charge on any atom is 0.128 e. The molecule has 88 valence electrons. The standard InChI is InChI=1S/C15H14ClF/c1-10-7-8-12(11(2)9-10)15(16)13-5-3-4-6-14(13)17/h3-9,15H,1-2H3. The molecule has 2 aromatic rings. The van der Waals surface area contributed by atoms with E-state index in [-0.39, 0.29) is 5.82 Å². The first-order chi connectivity index (χ1) is 8.09. The van der Waals surface area contributed by atoms with Gasteiger partial charge in [0.2, 0.25) is 0 Å². The molecule has 1 unspecified atom stereocenters. The zero-order chi connectivity index (χ0) is 12.4. The zero-order valence-corrected chi connectivity index (χ0v) is 10.6. The summed E-state index contributed by atoms with van der Waals surface area (Å²) in [6.45, 7) is 4.03. The van der Waals surface area contributed by atoms with E-state index in [1.54, 1.807) is 18.2 Å². The maximum atomic E-state index is 13.7. The molecule has 0 radical (unpaired) electrons. The highest BCUT2D eigenvalue weighted by Crippen LogP contribution is 2.32. The minimum atomic E-state index is -0.434. The molecule has 0 saturated heterocycles. The van der Waals surface area contributed by atoms with Crippen LogP contribution in [0.5, 0.6) is 0 Å². The van der Waals surface area contributed by atoms with Crippen molar-refractivity contribution in [3.8, 4) is 0 Å². The fourth-order valence-corrected chi connectivity index (χ4v) is 2.38. The molecule has 0 aromatic heterocycles. The Morgan fingerprint density at radius 2 is 1.71 bits per heavy atom. The second kappa shape index (κ2) is 4.89. The number of aryl methyl sites for hydroxylation is 2. The highest BCUT2D eigenvalue weighted by molar-refractivity contribution is 6.22. The molecular weight excluding hydrogens is 235 g/mol. The molecule has 0 aliphatic carbocycles. The van der Waals surface area contributed by atoms with E-state index in [4.69, 9.17) is 11.6 Å². The van der Waals surface area contributed by atoms with Crippen molar-refractivity contribution in [2.75, 3.05) is 0 Å². The first-order valence-corrected chi connectivity index (χ1v) is 5.99. The van der Waals surface area contributed by atoms with Crippen LogP contribution in [0, 0.1) is 19.7 Å². The fourth-order valence-electron chi connectivity index (χ4n) is 1.96. The number of alkyl halides is 1. The highest BCUT2D eigenvalue weighted by atomic mass is 35.5. The van der Waals surface area contributed by atoms with Crippen molar-refractivity contribution in [1.29, 1.82) is 0 Å². The summed E-state index contributed by atoms with van der Waals surface area (Å²) in [5.41, 5.74) is 3.76. The van der Waals surface area contributed by atoms with Gasteiger partial charge in [0.1, 0.15) is 5.82 Å². The smallest absolute Gasteiger partial charge is 0.128 e. The van der Waals surface area contributed by atoms with Crippen LogP contribution < -0.4 is 0 Å². The van der Waals surface area contributed by atoms with Crippen LogP contribution in [0.3, 0.4) is 0 Å². The van der Waals surface area contributed by atoms with E-state index in [0.29, 0.717) is 5.56 Å². The molecule has 0 heterocycles. The average Bonchev–Trinajstić information content (AvgIpc) is 2.29. The van der Waals surface area contributed by atoms with Crippen LogP contribution in [0.1, 0.15) is 27.6 Å². The van der Waals surface area contributed by atoms with Crippen LogP contribution in [0.15, 0.2) is 42.5 Å². The van der Waals surface area contributed by atoms with Gasteiger partial charge in [-0.25, -0.2) is 4.39 Å². The van der Waals surface area contributed by atoms with Crippen LogP contribution in [0.2, 0.25) is 0 Å². The van der Waals surface area contributed by atoms with Crippen molar-refractivity contribution in [2.24, 2.45) is 0 Å². The van der Waals surface area contributed by atoms with Crippen LogP contribution in [0.25, 0.3) is 0 Å². The number of hydrogen-bond donors (Lipinski definition) is 0. The molecule has 17 heavy (non-hydrogen) atoms. The lowest BCUT2D eigenvalue weighted by Gasteiger charge is -2.14. The Morgan fingerprint density at radius 1 is 1.00 bits per heavy atom. The molecule has 2 rings (SSSR count). The predicted octanol–water partition coefficient (Wildman–Crippen LogP) is 4.77. The van der Waals surface area contributed by atoms with Crippen molar-refractivity contribution in [1.82, 2.24) is 0 Å². The normalized spacial score (nSPS) is 12.5. The Balaban J connectivity index is 2.44. The van der Waals surface area contributed by atoms with Gasteiger partial charge in [0.15, 0.2) is 0 Å². The molecular formula is C15H14ClF. The lowest BCUT2D eigenvalue weighted by molar-refractivity contribution is 0.612. The number of benzene rings is 2. The van der Waals surface area contributed by atoms with Gasteiger partial charge in [0.05, 0.1) is 5.38 Å². The Labute approximate surface area is 106 Å². The van der Waals surface area contributed by atoms with E-state index in [1.807, 2.05) is 26.0 Å². The number of hydrogen-bond acceptors (Lipinski definition) is 0. The third-order valence-corrected chi connectivity index (χ3v) is 3.35. The molecule has 0 nitrogen and oxygen atoms in total. The van der Waals surface area contributed by atoms with Gasteiger partial charge >= 0.3 is 0 Å². The SMILES string of the molecule is Cc1ccc(C(Cl)c2ccccc2F)c(C)c1. The lowest BCUT2D eigenvalue weighted by atomic mass is 9.98. The van der Waals surface area contributed by atoms with Crippen LogP contribution >= 0.6 is 11.6 Å². The highest BCUT2D eigenvalue weighted by Gasteiger charge is 2.16. The molecule has 0 aliphatic heterocycles. The summed E-state index contributed by atoms with van der Waals surface area (Å²) in [4.78, 5) is 0. The second-order valence-corrected chi connectivity index (χ2v) is 4.68. The summed E-state index contributed by atoms with van der Waals surface area (Å²) in [5, 5.41) is -0.434.